The van der Waals surface area contributed by atoms with Crippen molar-refractivity contribution in [3.8, 4) is 0 Å². The number of amides is 2. The molecule has 22 heavy (non-hydrogen) atoms. The molecular formula is C16H15F3N2O. The maximum atomic E-state index is 13.4. The van der Waals surface area contributed by atoms with Gasteiger partial charge in [-0.2, -0.15) is 0 Å². The molecule has 2 rings (SSSR count). The molecule has 0 heterocycles. The number of hydrogen-bond donors (Lipinski definition) is 2. The molecule has 0 atom stereocenters. The minimum atomic E-state index is -1.61. The standard InChI is InChI=1S/C16H15F3N2O/c17-12-8-9-13(15(19)14(12)18)21-16(22)20-10-4-7-11-5-2-1-3-6-11/h1-3,5-6,8-9H,4,7,10H2,(H2,20,21,22). The Morgan fingerprint density at radius 3 is 2.41 bits per heavy atom. The van der Waals surface area contributed by atoms with Gasteiger partial charge in [0.2, 0.25) is 0 Å². The van der Waals surface area contributed by atoms with Gasteiger partial charge >= 0.3 is 6.03 Å². The highest BCUT2D eigenvalue weighted by Gasteiger charge is 2.14. The van der Waals surface area contributed by atoms with Crippen molar-refractivity contribution in [2.75, 3.05) is 11.9 Å². The third-order valence-electron chi connectivity index (χ3n) is 3.05. The topological polar surface area (TPSA) is 41.1 Å². The average molecular weight is 308 g/mol. The molecule has 0 aromatic heterocycles. The number of benzene rings is 2. The molecule has 0 bridgehead atoms. The third kappa shape index (κ3) is 4.25. The first kappa shape index (κ1) is 15.9. The van der Waals surface area contributed by atoms with Crippen LogP contribution in [0.15, 0.2) is 42.5 Å². The van der Waals surface area contributed by atoms with Gasteiger partial charge in [0.1, 0.15) is 0 Å². The number of urea groups is 1. The van der Waals surface area contributed by atoms with Crippen molar-refractivity contribution in [1.29, 1.82) is 0 Å². The molecule has 0 aliphatic carbocycles. The third-order valence-corrected chi connectivity index (χ3v) is 3.05. The summed E-state index contributed by atoms with van der Waals surface area (Å²) in [5.41, 5.74) is 0.746. The van der Waals surface area contributed by atoms with Crippen molar-refractivity contribution < 1.29 is 18.0 Å². The molecule has 0 saturated heterocycles. The molecule has 0 radical (unpaired) electrons. The van der Waals surface area contributed by atoms with Gasteiger partial charge in [-0.3, -0.25) is 0 Å². The highest BCUT2D eigenvalue weighted by molar-refractivity contribution is 5.89. The maximum Gasteiger partial charge on any atom is 0.319 e. The molecule has 2 aromatic rings. The van der Waals surface area contributed by atoms with Crippen molar-refractivity contribution in [1.82, 2.24) is 5.32 Å². The van der Waals surface area contributed by atoms with Crippen LogP contribution < -0.4 is 10.6 Å². The molecule has 116 valence electrons. The van der Waals surface area contributed by atoms with E-state index in [1.807, 2.05) is 30.3 Å². The molecular weight excluding hydrogens is 293 g/mol. The Labute approximate surface area is 126 Å². The van der Waals surface area contributed by atoms with Crippen LogP contribution in [0.2, 0.25) is 0 Å². The van der Waals surface area contributed by atoms with Gasteiger partial charge in [-0.15, -0.1) is 0 Å². The zero-order valence-corrected chi connectivity index (χ0v) is 11.7. The summed E-state index contributed by atoms with van der Waals surface area (Å²) in [5, 5.41) is 4.67. The van der Waals surface area contributed by atoms with Crippen LogP contribution in [0.4, 0.5) is 23.7 Å². The number of nitrogens with one attached hydrogen (secondary N) is 2. The lowest BCUT2D eigenvalue weighted by molar-refractivity contribution is 0.252. The fraction of sp³-hybridized carbons (Fsp3) is 0.188. The smallest absolute Gasteiger partial charge is 0.319 e. The maximum absolute atomic E-state index is 13.4. The van der Waals surface area contributed by atoms with Gasteiger partial charge < -0.3 is 10.6 Å². The van der Waals surface area contributed by atoms with Gasteiger partial charge in [0, 0.05) is 6.54 Å². The number of halogens is 3. The molecule has 0 saturated carbocycles. The molecule has 2 aromatic carbocycles. The Kier molecular flexibility index (Phi) is 5.41. The second-order valence-electron chi connectivity index (χ2n) is 4.69. The quantitative estimate of drug-likeness (QED) is 0.639. The summed E-state index contributed by atoms with van der Waals surface area (Å²) in [6.07, 6.45) is 1.50. The fourth-order valence-electron chi connectivity index (χ4n) is 1.93. The van der Waals surface area contributed by atoms with Gasteiger partial charge in [0.25, 0.3) is 0 Å². The van der Waals surface area contributed by atoms with E-state index in [2.05, 4.69) is 10.6 Å². The summed E-state index contributed by atoms with van der Waals surface area (Å²) in [7, 11) is 0. The number of hydrogen-bond acceptors (Lipinski definition) is 1. The lowest BCUT2D eigenvalue weighted by atomic mass is 10.1. The normalized spacial score (nSPS) is 10.3. The number of aryl methyl sites for hydroxylation is 1. The van der Waals surface area contributed by atoms with Crippen molar-refractivity contribution in [3.05, 3.63) is 65.5 Å². The summed E-state index contributed by atoms with van der Waals surface area (Å²) in [5.74, 6) is -4.33. The summed E-state index contributed by atoms with van der Waals surface area (Å²) in [6, 6.07) is 10.8. The average Bonchev–Trinajstić information content (AvgIpc) is 2.53. The van der Waals surface area contributed by atoms with Crippen LogP contribution in [0.25, 0.3) is 0 Å². The van der Waals surface area contributed by atoms with Crippen LogP contribution in [0, 0.1) is 17.5 Å². The van der Waals surface area contributed by atoms with E-state index < -0.39 is 29.2 Å². The van der Waals surface area contributed by atoms with Crippen LogP contribution in [-0.2, 0) is 6.42 Å². The van der Waals surface area contributed by atoms with E-state index in [0.29, 0.717) is 13.0 Å². The summed E-state index contributed by atoms with van der Waals surface area (Å²) >= 11 is 0. The second-order valence-corrected chi connectivity index (χ2v) is 4.69. The van der Waals surface area contributed by atoms with Gasteiger partial charge in [-0.1, -0.05) is 30.3 Å². The molecule has 0 unspecified atom stereocenters. The number of carbonyl (C=O) groups excluding carboxylic acids is 1. The SMILES string of the molecule is O=C(NCCCc1ccccc1)Nc1ccc(F)c(F)c1F. The van der Waals surface area contributed by atoms with Gasteiger partial charge in [0.15, 0.2) is 17.5 Å². The van der Waals surface area contributed by atoms with Crippen LogP contribution in [0.3, 0.4) is 0 Å². The van der Waals surface area contributed by atoms with Crippen LogP contribution in [0.1, 0.15) is 12.0 Å². The van der Waals surface area contributed by atoms with Crippen LogP contribution in [-0.4, -0.2) is 12.6 Å². The predicted octanol–water partition coefficient (Wildman–Crippen LogP) is 3.86. The van der Waals surface area contributed by atoms with E-state index in [4.69, 9.17) is 0 Å². The Hall–Kier alpha value is -2.50. The van der Waals surface area contributed by atoms with E-state index in [0.717, 1.165) is 24.1 Å². The fourth-order valence-corrected chi connectivity index (χ4v) is 1.93. The minimum absolute atomic E-state index is 0.381. The Bertz CT molecular complexity index is 647. The van der Waals surface area contributed by atoms with E-state index in [1.165, 1.54) is 0 Å². The first-order chi connectivity index (χ1) is 10.6. The minimum Gasteiger partial charge on any atom is -0.338 e. The Morgan fingerprint density at radius 1 is 0.955 bits per heavy atom. The largest absolute Gasteiger partial charge is 0.338 e. The lowest BCUT2D eigenvalue weighted by Crippen LogP contribution is -2.30. The van der Waals surface area contributed by atoms with Gasteiger partial charge in [-0.25, -0.2) is 18.0 Å². The lowest BCUT2D eigenvalue weighted by Gasteiger charge is -2.09. The van der Waals surface area contributed by atoms with Crippen molar-refractivity contribution in [2.24, 2.45) is 0 Å². The number of rotatable bonds is 5. The summed E-state index contributed by atoms with van der Waals surface area (Å²) < 4.78 is 39.2. The highest BCUT2D eigenvalue weighted by Crippen LogP contribution is 2.19. The predicted molar refractivity (Wildman–Crippen MR) is 78.1 cm³/mol. The Balaban J connectivity index is 1.78. The molecule has 2 N–H and O–H groups in total. The van der Waals surface area contributed by atoms with Gasteiger partial charge in [0.05, 0.1) is 5.69 Å². The summed E-state index contributed by atoms with van der Waals surface area (Å²) in [4.78, 5) is 11.6. The van der Waals surface area contributed by atoms with E-state index in [1.54, 1.807) is 0 Å². The number of carbonyl (C=O) groups is 1. The molecule has 0 fully saturated rings. The molecule has 0 aliphatic heterocycles. The second kappa shape index (κ2) is 7.49. The monoisotopic (exact) mass is 308 g/mol. The number of anilines is 1. The first-order valence-electron chi connectivity index (χ1n) is 6.80. The van der Waals surface area contributed by atoms with Crippen LogP contribution >= 0.6 is 0 Å². The van der Waals surface area contributed by atoms with Gasteiger partial charge in [-0.05, 0) is 30.5 Å². The van der Waals surface area contributed by atoms with Crippen molar-refractivity contribution >= 4 is 11.7 Å². The van der Waals surface area contributed by atoms with Crippen molar-refractivity contribution in [2.45, 2.75) is 12.8 Å². The summed E-state index contributed by atoms with van der Waals surface area (Å²) in [6.45, 7) is 0.381. The van der Waals surface area contributed by atoms with E-state index in [9.17, 15) is 18.0 Å². The molecule has 6 heteroatoms. The molecule has 0 spiro atoms. The van der Waals surface area contributed by atoms with E-state index >= 15 is 0 Å². The zero-order valence-electron chi connectivity index (χ0n) is 11.7. The zero-order chi connectivity index (χ0) is 15.9. The Morgan fingerprint density at radius 2 is 1.68 bits per heavy atom. The molecule has 2 amide bonds. The molecule has 0 aliphatic rings. The first-order valence-corrected chi connectivity index (χ1v) is 6.80. The van der Waals surface area contributed by atoms with Crippen LogP contribution in [0.5, 0.6) is 0 Å². The van der Waals surface area contributed by atoms with Crippen molar-refractivity contribution in [3.63, 3.8) is 0 Å². The molecule has 3 nitrogen and oxygen atoms in total. The highest BCUT2D eigenvalue weighted by atomic mass is 19.2. The van der Waals surface area contributed by atoms with E-state index in [-0.39, 0.29) is 0 Å².